The summed E-state index contributed by atoms with van der Waals surface area (Å²) in [6.07, 6.45) is 3.36. The van der Waals surface area contributed by atoms with E-state index in [-0.39, 0.29) is 29.9 Å². The predicted octanol–water partition coefficient (Wildman–Crippen LogP) is 5.50. The molecule has 0 spiro atoms. The number of carbonyl (C=O) groups is 2. The van der Waals surface area contributed by atoms with Gasteiger partial charge in [-0.2, -0.15) is 5.10 Å². The van der Waals surface area contributed by atoms with Crippen molar-refractivity contribution in [1.29, 1.82) is 0 Å². The number of aromatic nitrogens is 3. The summed E-state index contributed by atoms with van der Waals surface area (Å²) < 4.78 is 17.0. The molecule has 0 unspecified atom stereocenters. The number of amides is 2. The van der Waals surface area contributed by atoms with Crippen LogP contribution in [-0.4, -0.2) is 38.9 Å². The molecule has 0 aliphatic carbocycles. The molecule has 0 fully saturated rings. The zero-order valence-corrected chi connectivity index (χ0v) is 23.8. The number of thioether (sulfide) groups is 1. The second kappa shape index (κ2) is 11.3. The molecule has 40 heavy (non-hydrogen) atoms. The Hall–Kier alpha value is -3.98. The molecule has 0 radical (unpaired) electrons. The molecule has 5 rings (SSSR count). The Kier molecular flexibility index (Phi) is 7.76. The molecule has 1 N–H and O–H groups in total. The summed E-state index contributed by atoms with van der Waals surface area (Å²) in [5.74, 6) is -0.311. The number of pyridine rings is 1. The fraction of sp³-hybridized carbons (Fsp3) is 0.290. The van der Waals surface area contributed by atoms with Crippen molar-refractivity contribution in [3.63, 3.8) is 0 Å². The van der Waals surface area contributed by atoms with Crippen LogP contribution in [0.15, 0.2) is 73.1 Å². The van der Waals surface area contributed by atoms with Crippen molar-refractivity contribution in [2.75, 3.05) is 17.2 Å². The normalized spacial score (nSPS) is 15.5. The lowest BCUT2D eigenvalue weighted by Gasteiger charge is -2.25. The Bertz CT molecular complexity index is 1550. The van der Waals surface area contributed by atoms with Crippen LogP contribution in [0.2, 0.25) is 0 Å². The summed E-state index contributed by atoms with van der Waals surface area (Å²) in [5.41, 5.74) is 4.17. The first-order valence-corrected chi connectivity index (χ1v) is 14.2. The topological polar surface area (TPSA) is 80.1 Å². The molecule has 1 aliphatic heterocycles. The molecule has 0 saturated carbocycles. The van der Waals surface area contributed by atoms with Gasteiger partial charge < -0.3 is 5.32 Å². The van der Waals surface area contributed by atoms with Crippen LogP contribution in [-0.2, 0) is 21.5 Å². The number of fused-ring (bicyclic) bond motifs is 1. The van der Waals surface area contributed by atoms with Crippen LogP contribution < -0.4 is 10.2 Å². The first-order valence-electron chi connectivity index (χ1n) is 13.2. The number of anilines is 1. The van der Waals surface area contributed by atoms with Gasteiger partial charge in [-0.15, -0.1) is 11.8 Å². The molecular formula is C31H32FN5O2S. The molecule has 9 heteroatoms. The van der Waals surface area contributed by atoms with Gasteiger partial charge in [0, 0.05) is 35.5 Å². The van der Waals surface area contributed by atoms with Crippen molar-refractivity contribution in [1.82, 2.24) is 20.1 Å². The highest BCUT2D eigenvalue weighted by atomic mass is 32.2. The second-order valence-electron chi connectivity index (χ2n) is 10.9. The third-order valence-electron chi connectivity index (χ3n) is 6.84. The number of para-hydroxylation sites is 1. The van der Waals surface area contributed by atoms with Gasteiger partial charge in [0.05, 0.1) is 22.4 Å². The molecule has 0 bridgehead atoms. The van der Waals surface area contributed by atoms with E-state index < -0.39 is 10.7 Å². The highest BCUT2D eigenvalue weighted by Gasteiger charge is 2.40. The maximum atomic E-state index is 15.3. The van der Waals surface area contributed by atoms with Gasteiger partial charge in [-0.25, -0.2) is 9.07 Å². The van der Waals surface area contributed by atoms with E-state index in [1.165, 1.54) is 22.7 Å². The lowest BCUT2D eigenvalue weighted by molar-refractivity contribution is -0.123. The van der Waals surface area contributed by atoms with Crippen LogP contribution in [0.4, 0.5) is 10.2 Å². The van der Waals surface area contributed by atoms with Crippen molar-refractivity contribution in [2.24, 2.45) is 0 Å². The van der Waals surface area contributed by atoms with Gasteiger partial charge in [-0.05, 0) is 36.2 Å². The number of hydrogen-bond donors (Lipinski definition) is 1. The van der Waals surface area contributed by atoms with Crippen molar-refractivity contribution in [3.05, 3.63) is 107 Å². The number of aryl methyl sites for hydroxylation is 1. The number of rotatable bonds is 6. The van der Waals surface area contributed by atoms with Crippen LogP contribution in [0, 0.1) is 12.7 Å². The van der Waals surface area contributed by atoms with Gasteiger partial charge in [-0.1, -0.05) is 63.2 Å². The number of benzene rings is 2. The number of nitrogens with one attached hydrogen (secondary N) is 1. The predicted molar refractivity (Wildman–Crippen MR) is 156 cm³/mol. The van der Waals surface area contributed by atoms with Crippen LogP contribution >= 0.6 is 11.8 Å². The van der Waals surface area contributed by atoms with Crippen molar-refractivity contribution in [3.8, 4) is 5.69 Å². The number of halogens is 1. The molecule has 7 nitrogen and oxygen atoms in total. The Morgan fingerprint density at radius 3 is 2.55 bits per heavy atom. The maximum absolute atomic E-state index is 15.3. The molecule has 4 aromatic rings. The summed E-state index contributed by atoms with van der Waals surface area (Å²) in [7, 11) is 0. The summed E-state index contributed by atoms with van der Waals surface area (Å²) in [5, 5.41) is 7.49. The van der Waals surface area contributed by atoms with Gasteiger partial charge >= 0.3 is 0 Å². The average Bonchev–Trinajstić information content (AvgIpc) is 3.27. The SMILES string of the molecule is Cc1ccccc1-n1nc(C(C)(C)C)c2c1N(CC(=O)NCc1cccnc1)C(=O)CS[C@@H]2c1ccccc1F. The fourth-order valence-electron chi connectivity index (χ4n) is 4.88. The van der Waals surface area contributed by atoms with Gasteiger partial charge in [-0.3, -0.25) is 19.5 Å². The monoisotopic (exact) mass is 557 g/mol. The molecular weight excluding hydrogens is 525 g/mol. The molecule has 1 atom stereocenters. The number of carbonyl (C=O) groups excluding carboxylic acids is 2. The Labute approximate surface area is 237 Å². The van der Waals surface area contributed by atoms with Gasteiger partial charge in [0.25, 0.3) is 0 Å². The standard InChI is InChI=1S/C31H32FN5O2S/c1-20-10-5-8-14-24(20)37-30-27(29(35-37)31(2,3)4)28(22-12-6-7-13-23(22)32)40-19-26(39)36(30)18-25(38)34-17-21-11-9-15-33-16-21/h5-16,28H,17-19H2,1-4H3,(H,34,38)/t28-/m1/s1. The molecule has 206 valence electrons. The largest absolute Gasteiger partial charge is 0.350 e. The summed E-state index contributed by atoms with van der Waals surface area (Å²) in [6, 6.07) is 18.1. The van der Waals surface area contributed by atoms with Crippen molar-refractivity contribution >= 4 is 29.4 Å². The Balaban J connectivity index is 1.68. The molecule has 1 aliphatic rings. The van der Waals surface area contributed by atoms with E-state index >= 15 is 4.39 Å². The smallest absolute Gasteiger partial charge is 0.240 e. The van der Waals surface area contributed by atoms with E-state index in [2.05, 4.69) is 31.1 Å². The highest BCUT2D eigenvalue weighted by Crippen LogP contribution is 2.49. The average molecular weight is 558 g/mol. The molecule has 2 aromatic carbocycles. The molecule has 3 heterocycles. The minimum Gasteiger partial charge on any atom is -0.350 e. The minimum atomic E-state index is -0.490. The van der Waals surface area contributed by atoms with Gasteiger partial charge in [0.15, 0.2) is 0 Å². The third kappa shape index (κ3) is 5.51. The zero-order chi connectivity index (χ0) is 28.4. The first-order chi connectivity index (χ1) is 19.1. The zero-order valence-electron chi connectivity index (χ0n) is 23.0. The Morgan fingerprint density at radius 1 is 1.10 bits per heavy atom. The van der Waals surface area contributed by atoms with Crippen LogP contribution in [0.25, 0.3) is 5.69 Å². The van der Waals surface area contributed by atoms with E-state index in [9.17, 15) is 9.59 Å². The number of hydrogen-bond acceptors (Lipinski definition) is 5. The van der Waals surface area contributed by atoms with Crippen molar-refractivity contribution < 1.29 is 14.0 Å². The fourth-order valence-corrected chi connectivity index (χ4v) is 6.10. The summed E-state index contributed by atoms with van der Waals surface area (Å²) in [4.78, 5) is 32.6. The summed E-state index contributed by atoms with van der Waals surface area (Å²) >= 11 is 1.36. The van der Waals surface area contributed by atoms with E-state index in [1.807, 2.05) is 37.3 Å². The lowest BCUT2D eigenvalue weighted by atomic mass is 9.87. The quantitative estimate of drug-likeness (QED) is 0.339. The maximum Gasteiger partial charge on any atom is 0.240 e. The van der Waals surface area contributed by atoms with E-state index in [0.717, 1.165) is 28.1 Å². The third-order valence-corrected chi connectivity index (χ3v) is 8.08. The van der Waals surface area contributed by atoms with Crippen LogP contribution in [0.1, 0.15) is 54.0 Å². The molecule has 2 amide bonds. The summed E-state index contributed by atoms with van der Waals surface area (Å²) in [6.45, 7) is 8.23. The Morgan fingerprint density at radius 2 is 1.85 bits per heavy atom. The number of nitrogens with zero attached hydrogens (tertiary/aromatic N) is 4. The first kappa shape index (κ1) is 27.6. The lowest BCUT2D eigenvalue weighted by Crippen LogP contribution is -2.42. The van der Waals surface area contributed by atoms with Crippen molar-refractivity contribution in [2.45, 2.75) is 44.9 Å². The van der Waals surface area contributed by atoms with Gasteiger partial charge in [0.1, 0.15) is 18.2 Å². The van der Waals surface area contributed by atoms with E-state index in [0.29, 0.717) is 17.9 Å². The van der Waals surface area contributed by atoms with Crippen LogP contribution in [0.5, 0.6) is 0 Å². The van der Waals surface area contributed by atoms with Crippen LogP contribution in [0.3, 0.4) is 0 Å². The highest BCUT2D eigenvalue weighted by molar-refractivity contribution is 8.00. The second-order valence-corrected chi connectivity index (χ2v) is 12.0. The van der Waals surface area contributed by atoms with E-state index in [1.54, 1.807) is 41.3 Å². The van der Waals surface area contributed by atoms with Gasteiger partial charge in [0.2, 0.25) is 11.8 Å². The van der Waals surface area contributed by atoms with E-state index in [4.69, 9.17) is 5.10 Å². The molecule has 2 aromatic heterocycles. The molecule has 0 saturated heterocycles. The minimum absolute atomic E-state index is 0.0842.